The van der Waals surface area contributed by atoms with Gasteiger partial charge in [0.05, 0.1) is 43.6 Å². The van der Waals surface area contributed by atoms with Gasteiger partial charge in [0.1, 0.15) is 11.4 Å². The van der Waals surface area contributed by atoms with Gasteiger partial charge in [0, 0.05) is 17.8 Å². The van der Waals surface area contributed by atoms with Crippen molar-refractivity contribution in [2.75, 3.05) is 32.4 Å². The molecule has 1 aliphatic rings. The van der Waals surface area contributed by atoms with Crippen LogP contribution < -0.4 is 34.3 Å². The second kappa shape index (κ2) is 17.2. The molecule has 6 rings (SSSR count). The van der Waals surface area contributed by atoms with E-state index in [0.29, 0.717) is 5.56 Å². The summed E-state index contributed by atoms with van der Waals surface area (Å²) in [6.07, 6.45) is 3.25. The lowest BCUT2D eigenvalue weighted by Crippen LogP contribution is -2.36. The van der Waals surface area contributed by atoms with Gasteiger partial charge in [-0.2, -0.15) is 18.4 Å². The Balaban J connectivity index is 0.000000221. The highest BCUT2D eigenvalue weighted by Gasteiger charge is 2.33. The third kappa shape index (κ3) is 10.1. The molecule has 3 heterocycles. The van der Waals surface area contributed by atoms with Crippen LogP contribution in [0.5, 0.6) is 17.5 Å². The fourth-order valence-electron chi connectivity index (χ4n) is 4.85. The molecule has 3 aromatic heterocycles. The SMILES string of the molecule is CCS(=O)(=O)c1nc2ccccn2c1S(=O)(=O)NC(=O)Nc1nc(OC)cc(OC)n1.COc1ccccc1C(=O)NS(=O)(=O)c1ccc(C(=O)NC2CC2)cc1. The molecule has 1 fully saturated rings. The lowest BCUT2D eigenvalue weighted by atomic mass is 10.2. The average molecular weight is 845 g/mol. The monoisotopic (exact) mass is 844 g/mol. The first-order valence-electron chi connectivity index (χ1n) is 16.6. The molecule has 1 saturated carbocycles. The fraction of sp³-hybridized carbons (Fsp3) is 0.235. The zero-order chi connectivity index (χ0) is 41.5. The first-order valence-corrected chi connectivity index (χ1v) is 21.3. The van der Waals surface area contributed by atoms with Crippen LogP contribution in [-0.2, 0) is 29.9 Å². The van der Waals surface area contributed by atoms with Crippen molar-refractivity contribution < 1.29 is 53.8 Å². The lowest BCUT2D eigenvalue weighted by molar-refractivity contribution is 0.0948. The number of hydrogen-bond acceptors (Lipinski definition) is 15. The number of fused-ring (bicyclic) bond motifs is 1. The molecule has 5 aromatic rings. The summed E-state index contributed by atoms with van der Waals surface area (Å²) < 4.78 is 95.4. The fourth-order valence-corrected chi connectivity index (χ4v) is 8.48. The number of hydrogen-bond donors (Lipinski definition) is 4. The minimum Gasteiger partial charge on any atom is -0.496 e. The molecule has 23 heteroatoms. The highest BCUT2D eigenvalue weighted by Crippen LogP contribution is 2.25. The number of para-hydroxylation sites is 1. The second-order valence-electron chi connectivity index (χ2n) is 11.8. The summed E-state index contributed by atoms with van der Waals surface area (Å²) in [4.78, 5) is 48.1. The van der Waals surface area contributed by atoms with Crippen LogP contribution in [0.25, 0.3) is 5.65 Å². The van der Waals surface area contributed by atoms with E-state index < -0.39 is 51.9 Å². The third-order valence-electron chi connectivity index (χ3n) is 7.85. The van der Waals surface area contributed by atoms with Crippen molar-refractivity contribution in [3.63, 3.8) is 0 Å². The Labute approximate surface area is 327 Å². The van der Waals surface area contributed by atoms with Crippen LogP contribution in [0.1, 0.15) is 40.5 Å². The van der Waals surface area contributed by atoms with E-state index in [0.717, 1.165) is 17.2 Å². The zero-order valence-corrected chi connectivity index (χ0v) is 33.1. The number of aromatic nitrogens is 4. The van der Waals surface area contributed by atoms with Crippen molar-refractivity contribution in [1.29, 1.82) is 0 Å². The largest absolute Gasteiger partial charge is 0.496 e. The molecule has 0 aliphatic heterocycles. The van der Waals surface area contributed by atoms with Crippen LogP contribution >= 0.6 is 0 Å². The number of sulfone groups is 1. The summed E-state index contributed by atoms with van der Waals surface area (Å²) in [6, 6.07) is 16.5. The van der Waals surface area contributed by atoms with Crippen LogP contribution in [0.15, 0.2) is 93.9 Å². The Hall–Kier alpha value is -6.33. The van der Waals surface area contributed by atoms with E-state index in [2.05, 4.69) is 25.6 Å². The Bertz CT molecular complexity index is 2630. The Kier molecular flexibility index (Phi) is 12.6. The molecule has 0 bridgehead atoms. The van der Waals surface area contributed by atoms with Crippen molar-refractivity contribution in [2.45, 2.75) is 40.8 Å². The van der Waals surface area contributed by atoms with Crippen molar-refractivity contribution in [2.24, 2.45) is 0 Å². The number of urea groups is 1. The summed E-state index contributed by atoms with van der Waals surface area (Å²) >= 11 is 0. The summed E-state index contributed by atoms with van der Waals surface area (Å²) in [5, 5.41) is 3.61. The summed E-state index contributed by atoms with van der Waals surface area (Å²) in [7, 11) is -8.72. The first kappa shape index (κ1) is 41.8. The van der Waals surface area contributed by atoms with Crippen LogP contribution in [-0.4, -0.2) is 95.6 Å². The molecule has 4 amide bonds. The maximum absolute atomic E-state index is 13.0. The third-order valence-corrected chi connectivity index (χ3v) is 12.3. The smallest absolute Gasteiger partial charge is 0.335 e. The number of ether oxygens (including phenoxy) is 3. The van der Waals surface area contributed by atoms with Gasteiger partial charge in [-0.25, -0.2) is 36.1 Å². The number of amides is 4. The maximum atomic E-state index is 13.0. The van der Waals surface area contributed by atoms with Gasteiger partial charge in [-0.3, -0.25) is 19.3 Å². The van der Waals surface area contributed by atoms with E-state index in [-0.39, 0.29) is 57.3 Å². The first-order chi connectivity index (χ1) is 27.0. The minimum atomic E-state index is -4.68. The van der Waals surface area contributed by atoms with Gasteiger partial charge in [-0.15, -0.1) is 0 Å². The number of methoxy groups -OCH3 is 3. The van der Waals surface area contributed by atoms with Gasteiger partial charge in [0.2, 0.25) is 17.7 Å². The van der Waals surface area contributed by atoms with Gasteiger partial charge in [-0.1, -0.05) is 25.1 Å². The summed E-state index contributed by atoms with van der Waals surface area (Å²) in [5.41, 5.74) is 0.557. The molecule has 1 aliphatic carbocycles. The quantitative estimate of drug-likeness (QED) is 0.132. The van der Waals surface area contributed by atoms with Crippen LogP contribution in [0.2, 0.25) is 0 Å². The standard InChI is InChI=1S/C18H18N2O5S.C16H18N6O7S2/c1-25-16-5-3-2-4-15(16)18(22)20-26(23,24)14-10-6-12(7-11-14)17(21)19-13-8-9-13;1-4-30(24,25)13-14(22-8-6-5-7-10(22)17-13)31(26,27)21-16(23)20-15-18-11(28-2)9-12(19-15)29-3/h2-7,10-11,13H,8-9H2,1H3,(H,19,21)(H,20,22);5-9H,4H2,1-3H3,(H2,18,19,20,21,23). The average Bonchev–Trinajstić information content (AvgIpc) is 3.91. The van der Waals surface area contributed by atoms with Crippen LogP contribution in [0, 0.1) is 0 Å². The van der Waals surface area contributed by atoms with Crippen molar-refractivity contribution in [1.82, 2.24) is 34.1 Å². The molecule has 4 N–H and O–H groups in total. The number of carbonyl (C=O) groups is 3. The normalized spacial score (nSPS) is 12.7. The predicted molar refractivity (Wildman–Crippen MR) is 202 cm³/mol. The molecular formula is C34H36N8O12S3. The number of nitrogens with one attached hydrogen (secondary N) is 4. The van der Waals surface area contributed by atoms with Gasteiger partial charge in [-0.05, 0) is 61.4 Å². The molecule has 0 spiro atoms. The number of benzene rings is 2. The molecule has 0 saturated heterocycles. The highest BCUT2D eigenvalue weighted by molar-refractivity contribution is 7.93. The molecule has 0 radical (unpaired) electrons. The number of rotatable bonds is 13. The predicted octanol–water partition coefficient (Wildman–Crippen LogP) is 2.15. The molecule has 0 unspecified atom stereocenters. The lowest BCUT2D eigenvalue weighted by Gasteiger charge is -2.10. The topological polar surface area (TPSA) is 273 Å². The van der Waals surface area contributed by atoms with Gasteiger partial charge >= 0.3 is 6.03 Å². The Morgan fingerprint density at radius 1 is 0.754 bits per heavy atom. The molecule has 302 valence electrons. The molecular weight excluding hydrogens is 809 g/mol. The number of anilines is 1. The Morgan fingerprint density at radius 3 is 1.98 bits per heavy atom. The molecule has 2 aromatic carbocycles. The zero-order valence-electron chi connectivity index (χ0n) is 30.6. The number of carbonyl (C=O) groups excluding carboxylic acids is 3. The number of imidazole rings is 1. The van der Waals surface area contributed by atoms with Crippen molar-refractivity contribution in [3.05, 3.63) is 90.1 Å². The molecule has 20 nitrogen and oxygen atoms in total. The van der Waals surface area contributed by atoms with Gasteiger partial charge in [0.15, 0.2) is 19.9 Å². The minimum absolute atomic E-state index is 0.0584. The van der Waals surface area contributed by atoms with E-state index in [4.69, 9.17) is 14.2 Å². The highest BCUT2D eigenvalue weighted by atomic mass is 32.2. The van der Waals surface area contributed by atoms with Gasteiger partial charge < -0.3 is 19.5 Å². The van der Waals surface area contributed by atoms with Crippen LogP contribution in [0.4, 0.5) is 10.7 Å². The summed E-state index contributed by atoms with van der Waals surface area (Å²) in [5.74, 6) is -1.34. The van der Waals surface area contributed by atoms with E-state index in [1.807, 2.05) is 4.72 Å². The van der Waals surface area contributed by atoms with Crippen molar-refractivity contribution >= 4 is 59.3 Å². The number of pyridine rings is 1. The summed E-state index contributed by atoms with van der Waals surface area (Å²) in [6.45, 7) is 1.35. The van der Waals surface area contributed by atoms with Gasteiger partial charge in [0.25, 0.3) is 31.9 Å². The van der Waals surface area contributed by atoms with E-state index in [1.54, 1.807) is 29.0 Å². The second-order valence-corrected chi connectivity index (χ2v) is 17.3. The Morgan fingerprint density at radius 2 is 1.39 bits per heavy atom. The van der Waals surface area contributed by atoms with Crippen LogP contribution in [0.3, 0.4) is 0 Å². The maximum Gasteiger partial charge on any atom is 0.335 e. The molecule has 0 atom stereocenters. The van der Waals surface area contributed by atoms with Crippen molar-refractivity contribution in [3.8, 4) is 17.5 Å². The van der Waals surface area contributed by atoms with E-state index >= 15 is 0 Å². The van der Waals surface area contributed by atoms with E-state index in [1.165, 1.54) is 83.0 Å². The number of nitrogens with zero attached hydrogens (tertiary/aromatic N) is 4. The molecule has 57 heavy (non-hydrogen) atoms. The number of sulfonamides is 2. The van der Waals surface area contributed by atoms with E-state index in [9.17, 15) is 39.6 Å².